The number of rotatable bonds is 6. The minimum atomic E-state index is -1.23. The Hall–Kier alpha value is -5.59. The van der Waals surface area contributed by atoms with Crippen LogP contribution in [0, 0.1) is 12.1 Å². The van der Waals surface area contributed by atoms with E-state index in [2.05, 4.69) is 142 Å². The van der Waals surface area contributed by atoms with Crippen LogP contribution in [0.15, 0.2) is 142 Å². The van der Waals surface area contributed by atoms with Crippen molar-refractivity contribution < 1.29 is 28.9 Å². The second-order valence-corrected chi connectivity index (χ2v) is 21.5. The van der Waals surface area contributed by atoms with Gasteiger partial charge in [0.05, 0.1) is 30.5 Å². The fourth-order valence-electron chi connectivity index (χ4n) is 7.89. The molecule has 1 radical (unpaired) electrons. The summed E-state index contributed by atoms with van der Waals surface area (Å²) >= 11 is 0. The second kappa shape index (κ2) is 15.6. The first kappa shape index (κ1) is 39.2. The van der Waals surface area contributed by atoms with Crippen LogP contribution in [0.5, 0.6) is 0 Å². The molecule has 4 aromatic heterocycles. The maximum absolute atomic E-state index is 6.74. The van der Waals surface area contributed by atoms with Gasteiger partial charge in [-0.25, -0.2) is 0 Å². The number of imidazole rings is 1. The van der Waals surface area contributed by atoms with Gasteiger partial charge < -0.3 is 18.4 Å². The maximum atomic E-state index is 6.74. The quantitative estimate of drug-likeness (QED) is 0.123. The monoisotopic (exact) mass is 952 g/mol. The first-order chi connectivity index (χ1) is 27.6. The van der Waals surface area contributed by atoms with Gasteiger partial charge in [-0.2, -0.15) is 0 Å². The van der Waals surface area contributed by atoms with E-state index in [4.69, 9.17) is 13.8 Å². The third-order valence-electron chi connectivity index (χ3n) is 10.9. The number of fused-ring (bicyclic) bond motifs is 8. The zero-order valence-corrected chi connectivity index (χ0v) is 37.2. The topological polar surface area (TPSA) is 57.0 Å². The largest absolute Gasteiger partial charge is 0.497 e. The number of furan rings is 2. The van der Waals surface area contributed by atoms with E-state index in [1.165, 1.54) is 22.0 Å². The summed E-state index contributed by atoms with van der Waals surface area (Å²) in [7, 11) is -1.23. The van der Waals surface area contributed by atoms with Crippen molar-refractivity contribution in [1.29, 1.82) is 0 Å². The zero-order valence-electron chi connectivity index (χ0n) is 33.8. The molecule has 0 N–H and O–H groups in total. The van der Waals surface area contributed by atoms with Crippen LogP contribution in [0.25, 0.3) is 83.2 Å². The summed E-state index contributed by atoms with van der Waals surface area (Å²) in [6, 6.07) is 50.5. The minimum absolute atomic E-state index is 0. The van der Waals surface area contributed by atoms with E-state index in [1.54, 1.807) is 0 Å². The Balaban J connectivity index is 0.000000233. The van der Waals surface area contributed by atoms with Crippen LogP contribution in [0.4, 0.5) is 0 Å². The Morgan fingerprint density at radius 3 is 1.97 bits per heavy atom. The van der Waals surface area contributed by atoms with Gasteiger partial charge in [0.2, 0.25) is 0 Å². The summed E-state index contributed by atoms with van der Waals surface area (Å²) in [6.07, 6.45) is 2.02. The molecule has 0 aliphatic rings. The van der Waals surface area contributed by atoms with Crippen molar-refractivity contribution in [2.24, 2.45) is 0 Å². The molecule has 4 heterocycles. The van der Waals surface area contributed by atoms with Gasteiger partial charge >= 0.3 is 0 Å². The summed E-state index contributed by atoms with van der Waals surface area (Å²) in [5.41, 5.74) is 11.8. The van der Waals surface area contributed by atoms with Crippen molar-refractivity contribution in [1.82, 2.24) is 14.5 Å². The SMILES string of the molecule is CC(C)c1cccc(C(C)C)c1-n1c(-c2[c-]ccc3c2oc2c3ccc3c4ccccc4oc32)nc2ccccc21.C[Si](C)(C)c1ccc(-c2[c-]cccc2)nc1.[Ir]. The van der Waals surface area contributed by atoms with Crippen LogP contribution in [0.3, 0.4) is 0 Å². The molecule has 0 amide bonds. The Bertz CT molecular complexity index is 3030. The smallest absolute Gasteiger partial charge is 0.177 e. The van der Waals surface area contributed by atoms with E-state index in [1.807, 2.05) is 60.8 Å². The average Bonchev–Trinajstić information content (AvgIpc) is 3.92. The van der Waals surface area contributed by atoms with Crippen molar-refractivity contribution >= 4 is 68.2 Å². The van der Waals surface area contributed by atoms with Gasteiger partial charge in [-0.05, 0) is 58.1 Å². The minimum Gasteiger partial charge on any atom is -0.497 e. The molecule has 0 aliphatic heterocycles. The van der Waals surface area contributed by atoms with Crippen molar-refractivity contribution in [3.8, 4) is 28.3 Å². The number of hydrogen-bond donors (Lipinski definition) is 0. The van der Waals surface area contributed by atoms with Crippen LogP contribution < -0.4 is 5.19 Å². The molecule has 10 rings (SSSR count). The number of aromatic nitrogens is 3. The van der Waals surface area contributed by atoms with Crippen molar-refractivity contribution in [3.63, 3.8) is 0 Å². The molecule has 0 aliphatic carbocycles. The summed E-state index contributed by atoms with van der Waals surface area (Å²) in [5, 5.41) is 5.58. The molecular weight excluding hydrogens is 907 g/mol. The molecular formula is C51H45IrN3O2Si-2. The van der Waals surface area contributed by atoms with Crippen LogP contribution in [0.1, 0.15) is 50.7 Å². The first-order valence-corrected chi connectivity index (χ1v) is 23.3. The maximum Gasteiger partial charge on any atom is 0.177 e. The molecule has 10 aromatic rings. The standard InChI is InChI=1S/C37H29N2O2.C14H16NSi.Ir/c1-21(2)23-12-9-13-24(22(3)4)33(23)39-31-17-7-6-16-30(31)38-37(39)29-15-10-14-26-28-20-19-27-25-11-5-8-18-32(25)40-35(27)36(28)41-34(26)29;1-16(2,3)13-9-10-14(15-11-13)12-7-5-4-6-8-12;/h5-14,16-22H,1-4H3;4-7,9-11H,1-3H3;/q2*-1;. The Morgan fingerprint density at radius 1 is 0.603 bits per heavy atom. The van der Waals surface area contributed by atoms with E-state index in [0.717, 1.165) is 77.6 Å². The third-order valence-corrected chi connectivity index (χ3v) is 12.9. The Labute approximate surface area is 354 Å². The van der Waals surface area contributed by atoms with Gasteiger partial charge in [0.15, 0.2) is 11.2 Å². The molecule has 291 valence electrons. The Kier molecular flexibility index (Phi) is 10.6. The van der Waals surface area contributed by atoms with E-state index in [9.17, 15) is 0 Å². The van der Waals surface area contributed by atoms with Gasteiger partial charge in [0, 0.05) is 48.1 Å². The summed E-state index contributed by atoms with van der Waals surface area (Å²) in [6.45, 7) is 16.0. The molecule has 5 nitrogen and oxygen atoms in total. The molecule has 0 bridgehead atoms. The molecule has 0 atom stereocenters. The molecule has 0 unspecified atom stereocenters. The predicted octanol–water partition coefficient (Wildman–Crippen LogP) is 13.6. The van der Waals surface area contributed by atoms with E-state index in [0.29, 0.717) is 11.8 Å². The van der Waals surface area contributed by atoms with E-state index >= 15 is 0 Å². The van der Waals surface area contributed by atoms with Gasteiger partial charge in [-0.3, -0.25) is 4.98 Å². The predicted molar refractivity (Wildman–Crippen MR) is 240 cm³/mol. The average molecular weight is 952 g/mol. The molecule has 6 aromatic carbocycles. The molecule has 0 fully saturated rings. The number of pyridine rings is 1. The van der Waals surface area contributed by atoms with Crippen LogP contribution in [-0.2, 0) is 20.1 Å². The summed E-state index contributed by atoms with van der Waals surface area (Å²) in [5.74, 6) is 1.50. The molecule has 7 heteroatoms. The van der Waals surface area contributed by atoms with E-state index in [-0.39, 0.29) is 20.1 Å². The van der Waals surface area contributed by atoms with Crippen molar-refractivity contribution in [2.75, 3.05) is 0 Å². The molecule has 0 spiro atoms. The molecule has 0 saturated heterocycles. The number of hydrogen-bond acceptors (Lipinski definition) is 4. The number of benzene rings is 6. The fourth-order valence-corrected chi connectivity index (χ4v) is 8.92. The summed E-state index contributed by atoms with van der Waals surface area (Å²) in [4.78, 5) is 9.74. The number of para-hydroxylation sites is 4. The van der Waals surface area contributed by atoms with Crippen molar-refractivity contribution in [3.05, 3.63) is 157 Å². The fraction of sp³-hybridized carbons (Fsp3) is 0.176. The summed E-state index contributed by atoms with van der Waals surface area (Å²) < 4.78 is 15.4. The van der Waals surface area contributed by atoms with Crippen LogP contribution in [-0.4, -0.2) is 22.6 Å². The second-order valence-electron chi connectivity index (χ2n) is 16.4. The first-order valence-electron chi connectivity index (χ1n) is 19.8. The third kappa shape index (κ3) is 6.91. The van der Waals surface area contributed by atoms with Gasteiger partial charge in [0.25, 0.3) is 0 Å². The van der Waals surface area contributed by atoms with Crippen LogP contribution >= 0.6 is 0 Å². The normalized spacial score (nSPS) is 11.9. The molecule has 0 saturated carbocycles. The van der Waals surface area contributed by atoms with Crippen molar-refractivity contribution in [2.45, 2.75) is 59.2 Å². The van der Waals surface area contributed by atoms with E-state index < -0.39 is 8.07 Å². The van der Waals surface area contributed by atoms with Crippen LogP contribution in [0.2, 0.25) is 19.6 Å². The number of nitrogens with zero attached hydrogens (tertiary/aromatic N) is 3. The zero-order chi connectivity index (χ0) is 39.4. The van der Waals surface area contributed by atoms with Gasteiger partial charge in [-0.1, -0.05) is 125 Å². The van der Waals surface area contributed by atoms with Gasteiger partial charge in [0.1, 0.15) is 5.58 Å². The Morgan fingerprint density at radius 2 is 1.28 bits per heavy atom. The molecule has 58 heavy (non-hydrogen) atoms. The van der Waals surface area contributed by atoms with Gasteiger partial charge in [-0.15, -0.1) is 54.1 Å².